The number of imidazole rings is 1. The van der Waals surface area contributed by atoms with Gasteiger partial charge in [0.05, 0.1) is 34.9 Å². The Morgan fingerprint density at radius 1 is 1.17 bits per heavy atom. The van der Waals surface area contributed by atoms with Crippen molar-refractivity contribution >= 4 is 32.8 Å². The Kier molecular flexibility index (Phi) is 6.47. The van der Waals surface area contributed by atoms with Crippen LogP contribution in [0.4, 0.5) is 0 Å². The lowest BCUT2D eigenvalue weighted by Gasteiger charge is -2.18. The van der Waals surface area contributed by atoms with Gasteiger partial charge in [-0.2, -0.15) is 9.57 Å². The zero-order valence-electron chi connectivity index (χ0n) is 16.5. The molecule has 2 aromatic carbocycles. The molecule has 0 radical (unpaired) electrons. The van der Waals surface area contributed by atoms with Crippen LogP contribution in [0, 0.1) is 11.3 Å². The van der Waals surface area contributed by atoms with E-state index in [1.807, 2.05) is 42.7 Å². The van der Waals surface area contributed by atoms with Gasteiger partial charge in [0.1, 0.15) is 5.75 Å². The first-order valence-electron chi connectivity index (χ1n) is 9.13. The van der Waals surface area contributed by atoms with E-state index >= 15 is 0 Å². The number of aromatic nitrogens is 2. The Morgan fingerprint density at radius 3 is 2.45 bits per heavy atom. The molecule has 0 saturated carbocycles. The molecule has 9 heteroatoms. The van der Waals surface area contributed by atoms with Crippen LogP contribution < -0.4 is 4.74 Å². The topological polar surface area (TPSA) is 88.2 Å². The van der Waals surface area contributed by atoms with Gasteiger partial charge in [-0.3, -0.25) is 4.57 Å². The molecule has 0 aliphatic carbocycles. The number of sulfonamides is 1. The number of benzene rings is 2. The van der Waals surface area contributed by atoms with E-state index in [4.69, 9.17) is 10.00 Å². The second kappa shape index (κ2) is 8.86. The standard InChI is InChI=1S/C20H22N4O3S2/c1-4-23(5-2)29(25,26)17-10-11-19-18(14-17)22-20(28-13-12-21)24(19)15-6-8-16(27-3)9-7-15/h6-11,14H,4-5,13H2,1-3H3. The molecule has 7 nitrogen and oxygen atoms in total. The smallest absolute Gasteiger partial charge is 0.243 e. The van der Waals surface area contributed by atoms with E-state index in [1.54, 1.807) is 25.3 Å². The van der Waals surface area contributed by atoms with Gasteiger partial charge in [0.25, 0.3) is 0 Å². The normalized spacial score (nSPS) is 11.7. The Hall–Kier alpha value is -2.54. The first-order valence-corrected chi connectivity index (χ1v) is 11.6. The first kappa shape index (κ1) is 21.2. The van der Waals surface area contributed by atoms with Crippen molar-refractivity contribution in [3.05, 3.63) is 42.5 Å². The first-order chi connectivity index (χ1) is 14.0. The van der Waals surface area contributed by atoms with Crippen molar-refractivity contribution in [3.8, 4) is 17.5 Å². The lowest BCUT2D eigenvalue weighted by Crippen LogP contribution is -2.30. The molecule has 152 valence electrons. The van der Waals surface area contributed by atoms with Gasteiger partial charge in [-0.1, -0.05) is 25.6 Å². The third-order valence-electron chi connectivity index (χ3n) is 4.53. The molecule has 0 aliphatic rings. The monoisotopic (exact) mass is 430 g/mol. The van der Waals surface area contributed by atoms with Crippen LogP contribution in [0.5, 0.6) is 5.75 Å². The Labute approximate surface area is 175 Å². The number of nitrogens with zero attached hydrogens (tertiary/aromatic N) is 4. The van der Waals surface area contributed by atoms with E-state index in [2.05, 4.69) is 11.1 Å². The Bertz CT molecular complexity index is 1140. The van der Waals surface area contributed by atoms with E-state index in [9.17, 15) is 8.42 Å². The molecule has 0 spiro atoms. The molecule has 0 atom stereocenters. The molecular formula is C20H22N4O3S2. The summed E-state index contributed by atoms with van der Waals surface area (Å²) >= 11 is 1.31. The van der Waals surface area contributed by atoms with Gasteiger partial charge in [0.15, 0.2) is 5.16 Å². The molecule has 0 bridgehead atoms. The number of nitriles is 1. The van der Waals surface area contributed by atoms with Gasteiger partial charge in [-0.15, -0.1) is 0 Å². The average molecular weight is 431 g/mol. The minimum absolute atomic E-state index is 0.213. The van der Waals surface area contributed by atoms with Gasteiger partial charge >= 0.3 is 0 Å². The van der Waals surface area contributed by atoms with Gasteiger partial charge in [-0.25, -0.2) is 13.4 Å². The van der Waals surface area contributed by atoms with E-state index < -0.39 is 10.0 Å². The minimum atomic E-state index is -3.58. The van der Waals surface area contributed by atoms with Gasteiger partial charge in [0.2, 0.25) is 10.0 Å². The summed E-state index contributed by atoms with van der Waals surface area (Å²) in [5.41, 5.74) is 2.19. The number of hydrogen-bond acceptors (Lipinski definition) is 6. The zero-order chi connectivity index (χ0) is 21.0. The highest BCUT2D eigenvalue weighted by Crippen LogP contribution is 2.30. The Morgan fingerprint density at radius 2 is 1.86 bits per heavy atom. The molecule has 3 rings (SSSR count). The van der Waals surface area contributed by atoms with Crippen molar-refractivity contribution in [2.75, 3.05) is 26.0 Å². The summed E-state index contributed by atoms with van der Waals surface area (Å²) in [5.74, 6) is 0.973. The molecule has 1 aromatic heterocycles. The van der Waals surface area contributed by atoms with Crippen LogP contribution in [0.3, 0.4) is 0 Å². The van der Waals surface area contributed by atoms with E-state index in [-0.39, 0.29) is 10.6 Å². The van der Waals surface area contributed by atoms with E-state index in [1.165, 1.54) is 16.1 Å². The van der Waals surface area contributed by atoms with Crippen LogP contribution in [0.2, 0.25) is 0 Å². The minimum Gasteiger partial charge on any atom is -0.497 e. The maximum Gasteiger partial charge on any atom is 0.243 e. The lowest BCUT2D eigenvalue weighted by atomic mass is 10.2. The number of fused-ring (bicyclic) bond motifs is 1. The van der Waals surface area contributed by atoms with Gasteiger partial charge in [0, 0.05) is 18.8 Å². The molecule has 0 saturated heterocycles. The number of thioether (sulfide) groups is 1. The quantitative estimate of drug-likeness (QED) is 0.507. The maximum absolute atomic E-state index is 12.9. The number of hydrogen-bond donors (Lipinski definition) is 0. The third kappa shape index (κ3) is 4.10. The summed E-state index contributed by atoms with van der Waals surface area (Å²) < 4.78 is 34.3. The van der Waals surface area contributed by atoms with Crippen molar-refractivity contribution in [2.45, 2.75) is 23.9 Å². The molecule has 0 amide bonds. The average Bonchev–Trinajstić information content (AvgIpc) is 3.10. The third-order valence-corrected chi connectivity index (χ3v) is 7.39. The fraction of sp³-hybridized carbons (Fsp3) is 0.300. The van der Waals surface area contributed by atoms with Crippen LogP contribution in [-0.4, -0.2) is 48.2 Å². The van der Waals surface area contributed by atoms with Crippen LogP contribution in [0.25, 0.3) is 16.7 Å². The van der Waals surface area contributed by atoms with E-state index in [0.717, 1.165) is 17.0 Å². The summed E-state index contributed by atoms with van der Waals surface area (Å²) in [6.07, 6.45) is 0. The highest BCUT2D eigenvalue weighted by molar-refractivity contribution is 7.99. The summed E-state index contributed by atoms with van der Waals surface area (Å²) in [4.78, 5) is 4.83. The number of methoxy groups -OCH3 is 1. The molecule has 0 N–H and O–H groups in total. The van der Waals surface area contributed by atoms with Crippen LogP contribution >= 0.6 is 11.8 Å². The second-order valence-electron chi connectivity index (χ2n) is 6.11. The predicted molar refractivity (Wildman–Crippen MR) is 114 cm³/mol. The van der Waals surface area contributed by atoms with Crippen molar-refractivity contribution in [2.24, 2.45) is 0 Å². The summed E-state index contributed by atoms with van der Waals surface area (Å²) in [5, 5.41) is 9.62. The van der Waals surface area contributed by atoms with Crippen molar-refractivity contribution in [1.29, 1.82) is 5.26 Å². The number of ether oxygens (including phenoxy) is 1. The van der Waals surface area contributed by atoms with Gasteiger partial charge in [-0.05, 0) is 42.5 Å². The van der Waals surface area contributed by atoms with Crippen LogP contribution in [0.1, 0.15) is 13.8 Å². The maximum atomic E-state index is 12.9. The molecular weight excluding hydrogens is 408 g/mol. The lowest BCUT2D eigenvalue weighted by molar-refractivity contribution is 0.414. The summed E-state index contributed by atoms with van der Waals surface area (Å²) in [6, 6.07) is 14.6. The largest absolute Gasteiger partial charge is 0.497 e. The fourth-order valence-electron chi connectivity index (χ4n) is 3.09. The highest BCUT2D eigenvalue weighted by atomic mass is 32.2. The molecule has 1 heterocycles. The molecule has 0 aliphatic heterocycles. The molecule has 29 heavy (non-hydrogen) atoms. The molecule has 0 unspecified atom stereocenters. The van der Waals surface area contributed by atoms with Crippen molar-refractivity contribution in [1.82, 2.24) is 13.9 Å². The van der Waals surface area contributed by atoms with Crippen molar-refractivity contribution in [3.63, 3.8) is 0 Å². The zero-order valence-corrected chi connectivity index (χ0v) is 18.1. The summed E-state index contributed by atoms with van der Waals surface area (Å²) in [7, 11) is -1.97. The fourth-order valence-corrected chi connectivity index (χ4v) is 5.25. The molecule has 0 fully saturated rings. The highest BCUT2D eigenvalue weighted by Gasteiger charge is 2.23. The Balaban J connectivity index is 2.16. The molecule has 3 aromatic rings. The van der Waals surface area contributed by atoms with E-state index in [0.29, 0.717) is 23.8 Å². The summed E-state index contributed by atoms with van der Waals surface area (Å²) in [6.45, 7) is 4.43. The second-order valence-corrected chi connectivity index (χ2v) is 8.99. The predicted octanol–water partition coefficient (Wildman–Crippen LogP) is 3.68. The van der Waals surface area contributed by atoms with Crippen molar-refractivity contribution < 1.29 is 13.2 Å². The van der Waals surface area contributed by atoms with Crippen LogP contribution in [-0.2, 0) is 10.0 Å². The number of rotatable bonds is 8. The van der Waals surface area contributed by atoms with Crippen LogP contribution in [0.15, 0.2) is 52.5 Å². The van der Waals surface area contributed by atoms with Gasteiger partial charge < -0.3 is 4.74 Å². The SMILES string of the molecule is CCN(CC)S(=O)(=O)c1ccc2c(c1)nc(SCC#N)n2-c1ccc(OC)cc1.